The Morgan fingerprint density at radius 2 is 1.74 bits per heavy atom. The van der Waals surface area contributed by atoms with Gasteiger partial charge in [0.05, 0.1) is 12.4 Å². The van der Waals surface area contributed by atoms with Crippen molar-refractivity contribution in [2.24, 2.45) is 0 Å². The average Bonchev–Trinajstić information content (AvgIpc) is 2.82. The largest absolute Gasteiger partial charge is 0.446 e. The van der Waals surface area contributed by atoms with E-state index in [2.05, 4.69) is 27.0 Å². The average molecular weight is 478 g/mol. The van der Waals surface area contributed by atoms with Crippen molar-refractivity contribution in [2.75, 3.05) is 31.1 Å². The third-order valence-corrected chi connectivity index (χ3v) is 6.49. The summed E-state index contributed by atoms with van der Waals surface area (Å²) in [4.78, 5) is 26.3. The van der Waals surface area contributed by atoms with E-state index >= 15 is 0 Å². The van der Waals surface area contributed by atoms with E-state index in [1.54, 1.807) is 4.90 Å². The van der Waals surface area contributed by atoms with Crippen LogP contribution in [0, 0.1) is 0 Å². The molecule has 34 heavy (non-hydrogen) atoms. The van der Waals surface area contributed by atoms with Gasteiger partial charge in [0, 0.05) is 44.8 Å². The lowest BCUT2D eigenvalue weighted by Gasteiger charge is -2.44. The lowest BCUT2D eigenvalue weighted by atomic mass is 10.1. The minimum absolute atomic E-state index is 0.110. The summed E-state index contributed by atoms with van der Waals surface area (Å²) < 4.78 is 44.2. The van der Waals surface area contributed by atoms with E-state index in [4.69, 9.17) is 4.74 Å². The number of halogens is 3. The van der Waals surface area contributed by atoms with E-state index in [0.29, 0.717) is 18.9 Å². The first-order valence-corrected chi connectivity index (χ1v) is 11.6. The van der Waals surface area contributed by atoms with Gasteiger partial charge in [-0.3, -0.25) is 4.90 Å². The number of amides is 1. The van der Waals surface area contributed by atoms with Gasteiger partial charge in [-0.15, -0.1) is 0 Å². The summed E-state index contributed by atoms with van der Waals surface area (Å²) in [5.74, 6) is 0.367. The van der Waals surface area contributed by atoms with E-state index in [9.17, 15) is 18.0 Å². The molecule has 2 saturated heterocycles. The highest BCUT2D eigenvalue weighted by Gasteiger charge is 2.36. The first-order valence-electron chi connectivity index (χ1n) is 11.6. The van der Waals surface area contributed by atoms with Crippen LogP contribution in [-0.2, 0) is 17.5 Å². The maximum absolute atomic E-state index is 12.9. The number of carbonyl (C=O) groups is 1. The highest BCUT2D eigenvalue weighted by molar-refractivity contribution is 5.69. The van der Waals surface area contributed by atoms with E-state index < -0.39 is 11.9 Å². The van der Waals surface area contributed by atoms with Crippen molar-refractivity contribution in [1.29, 1.82) is 0 Å². The zero-order valence-corrected chi connectivity index (χ0v) is 19.4. The zero-order valence-electron chi connectivity index (χ0n) is 19.4. The summed E-state index contributed by atoms with van der Waals surface area (Å²) >= 11 is 0. The molecular weight excluding hydrogens is 447 g/mol. The van der Waals surface area contributed by atoms with E-state index in [-0.39, 0.29) is 24.3 Å². The van der Waals surface area contributed by atoms with Crippen molar-refractivity contribution in [3.05, 3.63) is 54.0 Å². The molecule has 0 saturated carbocycles. The number of piperazine rings is 1. The molecule has 1 aromatic heterocycles. The van der Waals surface area contributed by atoms with E-state index in [0.717, 1.165) is 44.9 Å². The van der Waals surface area contributed by atoms with Gasteiger partial charge in [-0.1, -0.05) is 30.3 Å². The molecule has 184 valence electrons. The number of hydrogen-bond acceptors (Lipinski definition) is 6. The molecule has 0 radical (unpaired) electrons. The third kappa shape index (κ3) is 5.78. The molecule has 1 aromatic carbocycles. The minimum Gasteiger partial charge on any atom is -0.446 e. The van der Waals surface area contributed by atoms with E-state index in [1.165, 1.54) is 5.56 Å². The monoisotopic (exact) mass is 477 g/mol. The third-order valence-electron chi connectivity index (χ3n) is 6.49. The van der Waals surface area contributed by atoms with Gasteiger partial charge in [-0.05, 0) is 32.3 Å². The van der Waals surface area contributed by atoms with Gasteiger partial charge < -0.3 is 14.5 Å². The minimum atomic E-state index is -4.52. The van der Waals surface area contributed by atoms with Gasteiger partial charge in [-0.25, -0.2) is 14.8 Å². The molecule has 0 bridgehead atoms. The standard InChI is InChI=1S/C24H30F3N5O2/c1-17-15-32(18(2)14-31(17)22-13-28-21(12-29-22)24(25,26)27)23(33)34-20-8-10-30(11-9-20)16-19-6-4-3-5-7-19/h3-7,12-13,17-18,20H,8-11,14-16H2,1-2H3/t17-,18+/m0/s1. The number of carbonyl (C=O) groups excluding carboxylic acids is 1. The second-order valence-corrected chi connectivity index (χ2v) is 9.11. The maximum Gasteiger partial charge on any atom is 0.434 e. The number of anilines is 1. The maximum atomic E-state index is 12.9. The number of aromatic nitrogens is 2. The number of rotatable bonds is 4. The molecule has 0 N–H and O–H groups in total. The number of hydrogen-bond donors (Lipinski definition) is 0. The first kappa shape index (κ1) is 24.3. The fourth-order valence-corrected chi connectivity index (χ4v) is 4.55. The molecule has 7 nitrogen and oxygen atoms in total. The number of ether oxygens (including phenoxy) is 1. The van der Waals surface area contributed by atoms with Crippen LogP contribution < -0.4 is 4.90 Å². The summed E-state index contributed by atoms with van der Waals surface area (Å²) in [5.41, 5.74) is 0.255. The van der Waals surface area contributed by atoms with Crippen LogP contribution in [0.3, 0.4) is 0 Å². The Bertz CT molecular complexity index is 949. The Morgan fingerprint density at radius 1 is 1.03 bits per heavy atom. The highest BCUT2D eigenvalue weighted by atomic mass is 19.4. The second-order valence-electron chi connectivity index (χ2n) is 9.11. The van der Waals surface area contributed by atoms with Crippen LogP contribution in [0.25, 0.3) is 0 Å². The van der Waals surface area contributed by atoms with Crippen LogP contribution >= 0.6 is 0 Å². The van der Waals surface area contributed by atoms with Gasteiger partial charge in [0.25, 0.3) is 0 Å². The van der Waals surface area contributed by atoms with Crippen molar-refractivity contribution in [3.63, 3.8) is 0 Å². The van der Waals surface area contributed by atoms with Crippen LogP contribution in [0.15, 0.2) is 42.7 Å². The van der Waals surface area contributed by atoms with Gasteiger partial charge in [-0.2, -0.15) is 13.2 Å². The van der Waals surface area contributed by atoms with Crippen LogP contribution in [0.1, 0.15) is 37.9 Å². The molecular formula is C24H30F3N5O2. The van der Waals surface area contributed by atoms with Gasteiger partial charge in [0.2, 0.25) is 0 Å². The van der Waals surface area contributed by atoms with Crippen molar-refractivity contribution in [1.82, 2.24) is 19.8 Å². The molecule has 2 atom stereocenters. The van der Waals surface area contributed by atoms with Crippen molar-refractivity contribution in [2.45, 2.75) is 57.6 Å². The van der Waals surface area contributed by atoms with Crippen molar-refractivity contribution >= 4 is 11.9 Å². The van der Waals surface area contributed by atoms with Gasteiger partial charge in [0.15, 0.2) is 5.69 Å². The molecule has 2 aliphatic heterocycles. The number of benzene rings is 1. The summed E-state index contributed by atoms with van der Waals surface area (Å²) in [6, 6.07) is 10.0. The Morgan fingerprint density at radius 3 is 2.35 bits per heavy atom. The molecule has 10 heteroatoms. The lowest BCUT2D eigenvalue weighted by molar-refractivity contribution is -0.141. The predicted molar refractivity (Wildman–Crippen MR) is 121 cm³/mol. The summed E-state index contributed by atoms with van der Waals surface area (Å²) in [7, 11) is 0. The van der Waals surface area contributed by atoms with Gasteiger partial charge in [0.1, 0.15) is 11.9 Å². The Kier molecular flexibility index (Phi) is 7.25. The smallest absolute Gasteiger partial charge is 0.434 e. The summed E-state index contributed by atoms with van der Waals surface area (Å²) in [5, 5.41) is 0. The number of piperidine rings is 1. The highest BCUT2D eigenvalue weighted by Crippen LogP contribution is 2.29. The Balaban J connectivity index is 1.28. The molecule has 2 aromatic rings. The molecule has 0 aliphatic carbocycles. The normalized spacial score (nSPS) is 22.6. The molecule has 0 unspecified atom stereocenters. The Hall–Kier alpha value is -2.88. The molecule has 2 aliphatic rings. The SMILES string of the molecule is C[C@@H]1CN(c2cnc(C(F)(F)F)cn2)[C@@H](C)CN1C(=O)OC1CCN(Cc2ccccc2)CC1. The quantitative estimate of drug-likeness (QED) is 0.658. The molecule has 4 rings (SSSR count). The number of nitrogens with zero attached hydrogens (tertiary/aromatic N) is 5. The fourth-order valence-electron chi connectivity index (χ4n) is 4.55. The Labute approximate surface area is 197 Å². The summed E-state index contributed by atoms with van der Waals surface area (Å²) in [6.07, 6.45) is -1.49. The van der Waals surface area contributed by atoms with Crippen LogP contribution in [0.5, 0.6) is 0 Å². The topological polar surface area (TPSA) is 61.8 Å². The van der Waals surface area contributed by atoms with Crippen molar-refractivity contribution in [3.8, 4) is 0 Å². The molecule has 3 heterocycles. The molecule has 1 amide bonds. The summed E-state index contributed by atoms with van der Waals surface area (Å²) in [6.45, 7) is 7.29. The first-order chi connectivity index (χ1) is 16.2. The fraction of sp³-hybridized carbons (Fsp3) is 0.542. The van der Waals surface area contributed by atoms with Crippen LogP contribution in [0.4, 0.5) is 23.8 Å². The number of alkyl halides is 3. The molecule has 0 spiro atoms. The van der Waals surface area contributed by atoms with Crippen LogP contribution in [-0.4, -0.2) is 70.2 Å². The van der Waals surface area contributed by atoms with Gasteiger partial charge >= 0.3 is 12.3 Å². The second kappa shape index (κ2) is 10.2. The predicted octanol–water partition coefficient (Wildman–Crippen LogP) is 4.20. The zero-order chi connectivity index (χ0) is 24.3. The van der Waals surface area contributed by atoms with E-state index in [1.807, 2.05) is 36.9 Å². The van der Waals surface area contributed by atoms with Crippen LogP contribution in [0.2, 0.25) is 0 Å². The molecule has 2 fully saturated rings. The number of likely N-dealkylation sites (tertiary alicyclic amines) is 1. The van der Waals surface area contributed by atoms with Crippen molar-refractivity contribution < 1.29 is 22.7 Å². The lowest BCUT2D eigenvalue weighted by Crippen LogP contribution is -2.59.